The molecule has 0 unspecified atom stereocenters. The number of hydrogen-bond acceptors (Lipinski definition) is 8. The first-order valence-corrected chi connectivity index (χ1v) is 10.5. The van der Waals surface area contributed by atoms with Gasteiger partial charge in [-0.3, -0.25) is 4.79 Å². The summed E-state index contributed by atoms with van der Waals surface area (Å²) in [6, 6.07) is 6.92. The van der Waals surface area contributed by atoms with E-state index in [1.165, 1.54) is 0 Å². The predicted molar refractivity (Wildman–Crippen MR) is 117 cm³/mol. The Kier molecular flexibility index (Phi) is 6.31. The zero-order valence-electron chi connectivity index (χ0n) is 17.2. The van der Waals surface area contributed by atoms with Gasteiger partial charge < -0.3 is 20.0 Å². The van der Waals surface area contributed by atoms with Crippen molar-refractivity contribution in [1.29, 1.82) is 0 Å². The quantitative estimate of drug-likeness (QED) is 0.580. The molecule has 1 amide bonds. The molecule has 162 valence electrons. The average molecular weight is 442 g/mol. The molecule has 1 aliphatic rings. The third-order valence-corrected chi connectivity index (χ3v) is 5.64. The fraction of sp³-hybridized carbons (Fsp3) is 0.381. The molecule has 1 aromatic carbocycles. The van der Waals surface area contributed by atoms with E-state index in [9.17, 15) is 4.79 Å². The van der Waals surface area contributed by atoms with Gasteiger partial charge in [0.15, 0.2) is 0 Å². The van der Waals surface area contributed by atoms with E-state index in [2.05, 4.69) is 25.1 Å². The Morgan fingerprint density at radius 3 is 2.74 bits per heavy atom. The molecular weight excluding hydrogens is 418 g/mol. The lowest BCUT2D eigenvalue weighted by molar-refractivity contribution is -0.130. The fourth-order valence-corrected chi connectivity index (χ4v) is 3.79. The number of carbonyl (C=O) groups excluding carboxylic acids is 1. The number of piperidine rings is 1. The van der Waals surface area contributed by atoms with Gasteiger partial charge in [-0.1, -0.05) is 11.6 Å². The van der Waals surface area contributed by atoms with E-state index >= 15 is 0 Å². The number of nitrogens with zero attached hydrogens (tertiary/aromatic N) is 6. The molecule has 2 aromatic heterocycles. The molecule has 3 aromatic rings. The van der Waals surface area contributed by atoms with Gasteiger partial charge in [-0.15, -0.1) is 10.2 Å². The lowest BCUT2D eigenvalue weighted by Gasteiger charge is -2.30. The van der Waals surface area contributed by atoms with Crippen molar-refractivity contribution in [2.75, 3.05) is 30.8 Å². The summed E-state index contributed by atoms with van der Waals surface area (Å²) >= 11 is 6.01. The van der Waals surface area contributed by atoms with Gasteiger partial charge in [0.2, 0.25) is 23.6 Å². The van der Waals surface area contributed by atoms with Gasteiger partial charge in [-0.05, 0) is 42.7 Å². The minimum absolute atomic E-state index is 0.107. The molecule has 0 bridgehead atoms. The standard InChI is InChI=1S/C21H24ClN7O2/c1-28(19(30)12-15-11-16(22)3-4-17(15)23)13-18-26-27-20(31-18)14-5-9-29(10-6-14)21-24-7-2-8-25-21/h2-4,7-8,11,14H,5-6,9-10,12-13,23H2,1H3. The molecule has 31 heavy (non-hydrogen) atoms. The van der Waals surface area contributed by atoms with Gasteiger partial charge in [0.25, 0.3) is 0 Å². The van der Waals surface area contributed by atoms with E-state index in [-0.39, 0.29) is 24.8 Å². The third kappa shape index (κ3) is 5.11. The van der Waals surface area contributed by atoms with E-state index in [1.54, 1.807) is 42.5 Å². The van der Waals surface area contributed by atoms with Gasteiger partial charge in [0.1, 0.15) is 0 Å². The first-order chi connectivity index (χ1) is 15.0. The monoisotopic (exact) mass is 441 g/mol. The summed E-state index contributed by atoms with van der Waals surface area (Å²) in [5.74, 6) is 1.85. The Morgan fingerprint density at radius 1 is 1.26 bits per heavy atom. The molecule has 0 aliphatic carbocycles. The van der Waals surface area contributed by atoms with Crippen molar-refractivity contribution < 1.29 is 9.21 Å². The van der Waals surface area contributed by atoms with E-state index in [0.717, 1.165) is 31.9 Å². The highest BCUT2D eigenvalue weighted by Crippen LogP contribution is 2.28. The molecule has 9 nitrogen and oxygen atoms in total. The van der Waals surface area contributed by atoms with Crippen LogP contribution in [0.3, 0.4) is 0 Å². The van der Waals surface area contributed by atoms with Crippen molar-refractivity contribution in [2.24, 2.45) is 0 Å². The van der Waals surface area contributed by atoms with Crippen molar-refractivity contribution >= 4 is 29.1 Å². The number of anilines is 2. The topological polar surface area (TPSA) is 114 Å². The molecule has 0 atom stereocenters. The molecule has 1 aliphatic heterocycles. The van der Waals surface area contributed by atoms with Crippen LogP contribution in [0.15, 0.2) is 41.1 Å². The van der Waals surface area contributed by atoms with Crippen LogP contribution in [-0.4, -0.2) is 51.1 Å². The smallest absolute Gasteiger partial charge is 0.235 e. The third-order valence-electron chi connectivity index (χ3n) is 5.41. The Morgan fingerprint density at radius 2 is 2.00 bits per heavy atom. The van der Waals surface area contributed by atoms with Crippen LogP contribution in [0.4, 0.5) is 11.6 Å². The number of likely N-dealkylation sites (N-methyl/N-ethyl adjacent to an activating group) is 1. The molecule has 0 saturated carbocycles. The summed E-state index contributed by atoms with van der Waals surface area (Å²) < 4.78 is 5.87. The lowest BCUT2D eigenvalue weighted by atomic mass is 9.97. The van der Waals surface area contributed by atoms with E-state index in [4.69, 9.17) is 21.8 Å². The Balaban J connectivity index is 1.31. The van der Waals surface area contributed by atoms with Gasteiger partial charge in [-0.2, -0.15) is 0 Å². The number of carbonyl (C=O) groups is 1. The van der Waals surface area contributed by atoms with Crippen LogP contribution < -0.4 is 10.6 Å². The molecule has 0 radical (unpaired) electrons. The molecular formula is C21H24ClN7O2. The van der Waals surface area contributed by atoms with Crippen molar-refractivity contribution in [3.8, 4) is 0 Å². The number of nitrogen functional groups attached to an aromatic ring is 1. The van der Waals surface area contributed by atoms with Crippen molar-refractivity contribution in [1.82, 2.24) is 25.1 Å². The second-order valence-electron chi connectivity index (χ2n) is 7.61. The summed E-state index contributed by atoms with van der Waals surface area (Å²) in [6.07, 6.45) is 5.41. The number of benzene rings is 1. The SMILES string of the molecule is CN(Cc1nnc(C2CCN(c3ncccn3)CC2)o1)C(=O)Cc1cc(Cl)ccc1N. The number of nitrogens with two attached hydrogens (primary N) is 1. The number of aromatic nitrogens is 4. The van der Waals surface area contributed by atoms with E-state index < -0.39 is 0 Å². The zero-order valence-corrected chi connectivity index (χ0v) is 18.0. The first-order valence-electron chi connectivity index (χ1n) is 10.1. The summed E-state index contributed by atoms with van der Waals surface area (Å²) in [7, 11) is 1.70. The van der Waals surface area contributed by atoms with Gasteiger partial charge in [-0.25, -0.2) is 9.97 Å². The van der Waals surface area contributed by atoms with Gasteiger partial charge >= 0.3 is 0 Å². The largest absolute Gasteiger partial charge is 0.423 e. The summed E-state index contributed by atoms with van der Waals surface area (Å²) in [4.78, 5) is 24.9. The van der Waals surface area contributed by atoms with Crippen LogP contribution in [0.5, 0.6) is 0 Å². The summed E-state index contributed by atoms with van der Waals surface area (Å²) in [5, 5.41) is 8.90. The second kappa shape index (κ2) is 9.30. The maximum Gasteiger partial charge on any atom is 0.235 e. The lowest BCUT2D eigenvalue weighted by Crippen LogP contribution is -2.34. The maximum atomic E-state index is 12.6. The molecule has 4 rings (SSSR count). The fourth-order valence-electron chi connectivity index (χ4n) is 3.59. The maximum absolute atomic E-state index is 12.6. The molecule has 1 saturated heterocycles. The molecule has 2 N–H and O–H groups in total. The van der Waals surface area contributed by atoms with Crippen LogP contribution in [-0.2, 0) is 17.8 Å². The molecule has 0 spiro atoms. The highest BCUT2D eigenvalue weighted by Gasteiger charge is 2.26. The minimum Gasteiger partial charge on any atom is -0.423 e. The van der Waals surface area contributed by atoms with Crippen molar-refractivity contribution in [3.63, 3.8) is 0 Å². The minimum atomic E-state index is -0.107. The highest BCUT2D eigenvalue weighted by molar-refractivity contribution is 6.30. The van der Waals surface area contributed by atoms with Crippen molar-refractivity contribution in [2.45, 2.75) is 31.7 Å². The predicted octanol–water partition coefficient (Wildman–Crippen LogP) is 2.68. The molecule has 3 heterocycles. The van der Waals surface area contributed by atoms with Crippen LogP contribution in [0, 0.1) is 0 Å². The van der Waals surface area contributed by atoms with Crippen LogP contribution in [0.2, 0.25) is 5.02 Å². The number of hydrogen-bond donors (Lipinski definition) is 1. The summed E-state index contributed by atoms with van der Waals surface area (Å²) in [5.41, 5.74) is 7.18. The Bertz CT molecular complexity index is 1040. The molecule has 10 heteroatoms. The number of halogens is 1. The number of amides is 1. The summed E-state index contributed by atoms with van der Waals surface area (Å²) in [6.45, 7) is 1.89. The van der Waals surface area contributed by atoms with E-state index in [0.29, 0.717) is 28.1 Å². The Hall–Kier alpha value is -3.20. The molecule has 1 fully saturated rings. The Labute approximate surface area is 185 Å². The van der Waals surface area contributed by atoms with E-state index in [1.807, 2.05) is 6.07 Å². The first kappa shape index (κ1) is 21.0. The normalized spacial score (nSPS) is 14.6. The highest BCUT2D eigenvalue weighted by atomic mass is 35.5. The average Bonchev–Trinajstić information content (AvgIpc) is 3.25. The zero-order chi connectivity index (χ0) is 21.8. The second-order valence-corrected chi connectivity index (χ2v) is 8.05. The van der Waals surface area contributed by atoms with Crippen LogP contribution in [0.1, 0.15) is 36.1 Å². The van der Waals surface area contributed by atoms with Gasteiger partial charge in [0, 0.05) is 49.2 Å². The van der Waals surface area contributed by atoms with Gasteiger partial charge in [0.05, 0.1) is 13.0 Å². The van der Waals surface area contributed by atoms with Crippen LogP contribution in [0.25, 0.3) is 0 Å². The van der Waals surface area contributed by atoms with Crippen LogP contribution >= 0.6 is 11.6 Å². The number of rotatable bonds is 6. The van der Waals surface area contributed by atoms with Crippen molar-refractivity contribution in [3.05, 3.63) is 59.0 Å².